The Morgan fingerprint density at radius 2 is 1.78 bits per heavy atom. The number of benzene rings is 3. The van der Waals surface area contributed by atoms with Crippen molar-refractivity contribution in [1.82, 2.24) is 9.55 Å². The first kappa shape index (κ1) is 24.2. The van der Waals surface area contributed by atoms with Crippen LogP contribution < -0.4 is 10.9 Å². The first-order chi connectivity index (χ1) is 17.7. The summed E-state index contributed by atoms with van der Waals surface area (Å²) < 4.78 is 46.4. The van der Waals surface area contributed by atoms with Gasteiger partial charge in [0.05, 0.1) is 22.0 Å². The van der Waals surface area contributed by atoms with Gasteiger partial charge in [-0.1, -0.05) is 36.4 Å². The number of aromatic nitrogens is 2. The number of aryl methyl sites for hydroxylation is 1. The SMILES string of the molecule is O=C(OC(C(=O)Nc1cccc(C(F)(F)F)c1)c1ccccc1)c1ccc2c(=O)n3c(nc2c1)CCC3. The van der Waals surface area contributed by atoms with Crippen molar-refractivity contribution in [3.05, 3.63) is 106 Å². The maximum absolute atomic E-state index is 13.1. The highest BCUT2D eigenvalue weighted by Crippen LogP contribution is 2.31. The van der Waals surface area contributed by atoms with Crippen LogP contribution in [0, 0.1) is 0 Å². The lowest BCUT2D eigenvalue weighted by atomic mass is 10.1. The highest BCUT2D eigenvalue weighted by atomic mass is 19.4. The van der Waals surface area contributed by atoms with Crippen LogP contribution in [-0.2, 0) is 28.7 Å². The summed E-state index contributed by atoms with van der Waals surface area (Å²) in [4.78, 5) is 43.4. The molecule has 10 heteroatoms. The maximum Gasteiger partial charge on any atom is 0.416 e. The minimum absolute atomic E-state index is 0.0788. The van der Waals surface area contributed by atoms with Gasteiger partial charge in [0.15, 0.2) is 0 Å². The summed E-state index contributed by atoms with van der Waals surface area (Å²) >= 11 is 0. The number of ether oxygens (including phenoxy) is 1. The fourth-order valence-electron chi connectivity index (χ4n) is 4.27. The number of hydrogen-bond acceptors (Lipinski definition) is 5. The molecule has 0 saturated heterocycles. The molecule has 1 aliphatic heterocycles. The van der Waals surface area contributed by atoms with E-state index < -0.39 is 29.7 Å². The minimum atomic E-state index is -4.58. The van der Waals surface area contributed by atoms with Gasteiger partial charge in [0.25, 0.3) is 11.5 Å². The molecule has 1 unspecified atom stereocenters. The van der Waals surface area contributed by atoms with Crippen LogP contribution in [0.2, 0.25) is 0 Å². The number of esters is 1. The van der Waals surface area contributed by atoms with Crippen LogP contribution in [0.4, 0.5) is 18.9 Å². The number of nitrogens with one attached hydrogen (secondary N) is 1. The van der Waals surface area contributed by atoms with Crippen molar-refractivity contribution in [1.29, 1.82) is 0 Å². The van der Waals surface area contributed by atoms with Gasteiger partial charge in [0.1, 0.15) is 5.82 Å². The first-order valence-electron chi connectivity index (χ1n) is 11.5. The third kappa shape index (κ3) is 4.95. The molecule has 0 spiro atoms. The quantitative estimate of drug-likeness (QED) is 0.388. The topological polar surface area (TPSA) is 90.3 Å². The summed E-state index contributed by atoms with van der Waals surface area (Å²) in [5.74, 6) is -1.03. The summed E-state index contributed by atoms with van der Waals surface area (Å²) in [6.07, 6.45) is -4.56. The smallest absolute Gasteiger partial charge is 0.416 e. The zero-order valence-corrected chi connectivity index (χ0v) is 19.3. The zero-order chi connectivity index (χ0) is 26.2. The van der Waals surface area contributed by atoms with Crippen molar-refractivity contribution >= 4 is 28.5 Å². The third-order valence-electron chi connectivity index (χ3n) is 6.07. The number of nitrogens with zero attached hydrogens (tertiary/aromatic N) is 2. The van der Waals surface area contributed by atoms with Gasteiger partial charge in [-0.25, -0.2) is 9.78 Å². The highest BCUT2D eigenvalue weighted by Gasteiger charge is 2.31. The van der Waals surface area contributed by atoms with E-state index in [1.54, 1.807) is 34.9 Å². The molecular weight excluding hydrogens is 487 g/mol. The van der Waals surface area contributed by atoms with Crippen molar-refractivity contribution in [3.63, 3.8) is 0 Å². The Bertz CT molecular complexity index is 1570. The number of rotatable bonds is 5. The van der Waals surface area contributed by atoms with Crippen LogP contribution in [0.5, 0.6) is 0 Å². The Kier molecular flexibility index (Phi) is 6.24. The Hall–Kier alpha value is -4.47. The molecule has 1 aliphatic rings. The van der Waals surface area contributed by atoms with Crippen molar-refractivity contribution in [2.75, 3.05) is 5.32 Å². The number of halogens is 3. The zero-order valence-electron chi connectivity index (χ0n) is 19.3. The summed E-state index contributed by atoms with van der Waals surface area (Å²) in [6.45, 7) is 0.598. The van der Waals surface area contributed by atoms with Gasteiger partial charge in [-0.3, -0.25) is 14.2 Å². The predicted octanol–water partition coefficient (Wildman–Crippen LogP) is 4.90. The fraction of sp³-hybridized carbons (Fsp3) is 0.185. The standard InChI is InChI=1S/C27H20F3N3O4/c28-27(29,30)18-8-4-9-19(15-18)31-24(34)23(16-6-2-1-3-7-16)37-26(36)17-11-12-20-21(14-17)32-22-10-5-13-33(22)25(20)35/h1-4,6-9,11-12,14-15,23H,5,10,13H2,(H,31,34). The van der Waals surface area contributed by atoms with E-state index in [9.17, 15) is 27.6 Å². The Morgan fingerprint density at radius 3 is 2.54 bits per heavy atom. The van der Waals surface area contributed by atoms with Gasteiger partial charge in [0, 0.05) is 24.2 Å². The molecule has 4 aromatic rings. The van der Waals surface area contributed by atoms with E-state index in [-0.39, 0.29) is 16.8 Å². The number of carbonyl (C=O) groups excluding carboxylic acids is 2. The third-order valence-corrected chi connectivity index (χ3v) is 6.07. The van der Waals surface area contributed by atoms with E-state index in [0.29, 0.717) is 35.3 Å². The number of alkyl halides is 3. The van der Waals surface area contributed by atoms with Crippen molar-refractivity contribution < 1.29 is 27.5 Å². The van der Waals surface area contributed by atoms with Gasteiger partial charge in [-0.05, 0) is 42.8 Å². The summed E-state index contributed by atoms with van der Waals surface area (Å²) in [7, 11) is 0. The van der Waals surface area contributed by atoms with Crippen LogP contribution in [0.1, 0.15) is 39.8 Å². The molecule has 1 atom stereocenters. The number of carbonyl (C=O) groups is 2. The van der Waals surface area contributed by atoms with Crippen molar-refractivity contribution in [2.45, 2.75) is 31.7 Å². The van der Waals surface area contributed by atoms with Crippen LogP contribution >= 0.6 is 0 Å². The molecular formula is C27H20F3N3O4. The van der Waals surface area contributed by atoms with E-state index >= 15 is 0 Å². The average molecular weight is 507 g/mol. The Labute approximate surface area is 208 Å². The van der Waals surface area contributed by atoms with E-state index in [1.807, 2.05) is 0 Å². The Balaban J connectivity index is 1.43. The molecule has 2 heterocycles. The van der Waals surface area contributed by atoms with E-state index in [1.165, 1.54) is 30.3 Å². The number of fused-ring (bicyclic) bond motifs is 2. The number of hydrogen-bond donors (Lipinski definition) is 1. The minimum Gasteiger partial charge on any atom is -0.444 e. The Morgan fingerprint density at radius 1 is 1.00 bits per heavy atom. The van der Waals surface area contributed by atoms with Gasteiger partial charge in [-0.15, -0.1) is 0 Å². The van der Waals surface area contributed by atoms with Gasteiger partial charge in [0.2, 0.25) is 6.10 Å². The monoisotopic (exact) mass is 507 g/mol. The van der Waals surface area contributed by atoms with E-state index in [0.717, 1.165) is 18.6 Å². The van der Waals surface area contributed by atoms with E-state index in [4.69, 9.17) is 4.74 Å². The highest BCUT2D eigenvalue weighted by molar-refractivity contribution is 5.99. The summed E-state index contributed by atoms with van der Waals surface area (Å²) in [5, 5.41) is 2.77. The van der Waals surface area contributed by atoms with Crippen LogP contribution in [0.25, 0.3) is 10.9 Å². The molecule has 5 rings (SSSR count). The first-order valence-corrected chi connectivity index (χ1v) is 11.5. The summed E-state index contributed by atoms with van der Waals surface area (Å²) in [6, 6.07) is 16.6. The van der Waals surface area contributed by atoms with Crippen LogP contribution in [0.15, 0.2) is 77.6 Å². The van der Waals surface area contributed by atoms with Crippen molar-refractivity contribution in [3.8, 4) is 0 Å². The molecule has 0 radical (unpaired) electrons. The molecule has 37 heavy (non-hydrogen) atoms. The molecule has 1 N–H and O–H groups in total. The molecule has 3 aromatic carbocycles. The molecule has 0 fully saturated rings. The lowest BCUT2D eigenvalue weighted by molar-refractivity contribution is -0.137. The predicted molar refractivity (Wildman–Crippen MR) is 129 cm³/mol. The molecule has 0 saturated carbocycles. The molecule has 0 aliphatic carbocycles. The van der Waals surface area contributed by atoms with Crippen molar-refractivity contribution in [2.24, 2.45) is 0 Å². The largest absolute Gasteiger partial charge is 0.444 e. The second-order valence-corrected chi connectivity index (χ2v) is 8.58. The van der Waals surface area contributed by atoms with Crippen LogP contribution in [0.3, 0.4) is 0 Å². The maximum atomic E-state index is 13.1. The normalized spacial score (nSPS) is 13.7. The lowest BCUT2D eigenvalue weighted by Gasteiger charge is -2.19. The second-order valence-electron chi connectivity index (χ2n) is 8.58. The molecule has 0 bridgehead atoms. The average Bonchev–Trinajstić information content (AvgIpc) is 3.36. The molecule has 7 nitrogen and oxygen atoms in total. The molecule has 188 valence electrons. The van der Waals surface area contributed by atoms with E-state index in [2.05, 4.69) is 10.3 Å². The number of amides is 1. The fourth-order valence-corrected chi connectivity index (χ4v) is 4.27. The second kappa shape index (κ2) is 9.53. The summed E-state index contributed by atoms with van der Waals surface area (Å²) in [5.41, 5.74) is -0.451. The van der Waals surface area contributed by atoms with Gasteiger partial charge in [-0.2, -0.15) is 13.2 Å². The van der Waals surface area contributed by atoms with Gasteiger partial charge < -0.3 is 10.1 Å². The van der Waals surface area contributed by atoms with Gasteiger partial charge >= 0.3 is 12.1 Å². The molecule has 1 amide bonds. The number of anilines is 1. The molecule has 1 aromatic heterocycles. The lowest BCUT2D eigenvalue weighted by Crippen LogP contribution is -2.26. The van der Waals surface area contributed by atoms with Crippen LogP contribution in [-0.4, -0.2) is 21.4 Å².